The Balaban J connectivity index is 4.50. The lowest BCUT2D eigenvalue weighted by Crippen LogP contribution is -2.30. The van der Waals surface area contributed by atoms with E-state index in [9.17, 15) is 9.59 Å². The molecule has 0 amide bonds. The maximum Gasteiger partial charge on any atom is 0.308 e. The van der Waals surface area contributed by atoms with Gasteiger partial charge in [-0.1, -0.05) is 195 Å². The highest BCUT2D eigenvalue weighted by atomic mass is 16.5. The largest absolute Gasteiger partial charge is 0.465 e. The fourth-order valence-electron chi connectivity index (χ4n) is 8.27. The van der Waals surface area contributed by atoms with Crippen molar-refractivity contribution in [2.75, 3.05) is 46.1 Å². The summed E-state index contributed by atoms with van der Waals surface area (Å²) in [6, 6.07) is 0. The van der Waals surface area contributed by atoms with E-state index in [1.54, 1.807) is 0 Å². The van der Waals surface area contributed by atoms with Gasteiger partial charge < -0.3 is 24.2 Å². The van der Waals surface area contributed by atoms with Gasteiger partial charge in [0.05, 0.1) is 32.3 Å². The summed E-state index contributed by atoms with van der Waals surface area (Å²) in [7, 11) is 0. The van der Waals surface area contributed by atoms with Crippen LogP contribution < -0.4 is 0 Å². The second-order valence-electron chi connectivity index (χ2n) is 18.0. The van der Waals surface area contributed by atoms with Gasteiger partial charge in [0.15, 0.2) is 0 Å². The highest BCUT2D eigenvalue weighted by molar-refractivity contribution is 5.72. The number of unbranched alkanes of at least 4 members (excludes halogenated alkanes) is 26. The highest BCUT2D eigenvalue weighted by Gasteiger charge is 2.19. The summed E-state index contributed by atoms with van der Waals surface area (Å²) in [4.78, 5) is 28.4. The Bertz CT molecular complexity index is 855. The molecule has 7 heteroatoms. The van der Waals surface area contributed by atoms with E-state index in [-0.39, 0.29) is 30.6 Å². The minimum atomic E-state index is 0.000635. The van der Waals surface area contributed by atoms with E-state index in [2.05, 4.69) is 32.6 Å². The topological polar surface area (TPSA) is 85.3 Å². The zero-order valence-electron chi connectivity index (χ0n) is 40.2. The van der Waals surface area contributed by atoms with Gasteiger partial charge in [0, 0.05) is 13.0 Å². The molecule has 2 unspecified atom stereocenters. The number of nitrogens with zero attached hydrogens (tertiary/aromatic N) is 1. The number of rotatable bonds is 49. The number of carbonyl (C=O) groups excluding carboxylic acids is 2. The molecule has 0 spiro atoms. The number of ether oxygens (including phenoxy) is 3. The summed E-state index contributed by atoms with van der Waals surface area (Å²) in [6.45, 7) is 13.6. The molecule has 0 rings (SSSR count). The number of carbonyl (C=O) groups is 2. The van der Waals surface area contributed by atoms with Crippen LogP contribution in [-0.4, -0.2) is 74.1 Å². The van der Waals surface area contributed by atoms with Crippen LogP contribution in [0.3, 0.4) is 0 Å². The van der Waals surface area contributed by atoms with Crippen LogP contribution in [0.4, 0.5) is 0 Å². The summed E-state index contributed by atoms with van der Waals surface area (Å²) in [5.41, 5.74) is 0. The first-order chi connectivity index (χ1) is 29.0. The molecule has 0 aromatic rings. The van der Waals surface area contributed by atoms with Gasteiger partial charge in [0.1, 0.15) is 6.10 Å². The number of esters is 2. The van der Waals surface area contributed by atoms with E-state index in [1.807, 2.05) is 0 Å². The molecule has 0 aliphatic rings. The quantitative estimate of drug-likeness (QED) is 0.0482. The van der Waals surface area contributed by atoms with Crippen molar-refractivity contribution < 1.29 is 28.9 Å². The van der Waals surface area contributed by atoms with Gasteiger partial charge in [-0.2, -0.15) is 0 Å². The molecule has 0 heterocycles. The van der Waals surface area contributed by atoms with Crippen LogP contribution in [0.1, 0.15) is 265 Å². The van der Waals surface area contributed by atoms with Gasteiger partial charge in [-0.25, -0.2) is 0 Å². The second-order valence-corrected chi connectivity index (χ2v) is 18.0. The van der Waals surface area contributed by atoms with E-state index in [1.165, 1.54) is 135 Å². The van der Waals surface area contributed by atoms with Crippen molar-refractivity contribution in [1.82, 2.24) is 4.90 Å². The first-order valence-electron chi connectivity index (χ1n) is 26.3. The summed E-state index contributed by atoms with van der Waals surface area (Å²) >= 11 is 0. The van der Waals surface area contributed by atoms with E-state index >= 15 is 0 Å². The lowest BCUT2D eigenvalue weighted by atomic mass is 9.94. The Morgan fingerprint density at radius 3 is 1.34 bits per heavy atom. The molecule has 0 aliphatic carbocycles. The van der Waals surface area contributed by atoms with E-state index in [0.29, 0.717) is 26.2 Å². The van der Waals surface area contributed by atoms with Gasteiger partial charge in [-0.3, -0.25) is 9.59 Å². The molecule has 0 radical (unpaired) electrons. The van der Waals surface area contributed by atoms with Crippen LogP contribution in [0.5, 0.6) is 0 Å². The fraction of sp³-hybridized carbons (Fsp3) is 0.962. The minimum Gasteiger partial charge on any atom is -0.465 e. The molecule has 0 fully saturated rings. The molecule has 2 atom stereocenters. The zero-order chi connectivity index (χ0) is 43.1. The first-order valence-corrected chi connectivity index (χ1v) is 26.3. The molecule has 59 heavy (non-hydrogen) atoms. The molecular formula is C52H103NO6. The maximum atomic E-state index is 13.2. The third-order valence-corrected chi connectivity index (χ3v) is 12.2. The molecule has 0 bridgehead atoms. The highest BCUT2D eigenvalue weighted by Crippen LogP contribution is 2.22. The SMILES string of the molecule is CCCCCCCCCCC(CCCCCCCC)C(=O)OCCCCCCN(CCCCCCC(=O)OC(CCCCCC)CCCCCCCC)CCOCCO. The van der Waals surface area contributed by atoms with Crippen molar-refractivity contribution in [3.8, 4) is 0 Å². The van der Waals surface area contributed by atoms with E-state index in [0.717, 1.165) is 116 Å². The van der Waals surface area contributed by atoms with Gasteiger partial charge in [-0.05, 0) is 77.3 Å². The molecule has 0 saturated heterocycles. The maximum absolute atomic E-state index is 13.2. The van der Waals surface area contributed by atoms with Crippen molar-refractivity contribution in [2.45, 2.75) is 271 Å². The van der Waals surface area contributed by atoms with Crippen molar-refractivity contribution in [2.24, 2.45) is 5.92 Å². The summed E-state index contributed by atoms with van der Waals surface area (Å²) < 4.78 is 17.5. The summed E-state index contributed by atoms with van der Waals surface area (Å²) in [5, 5.41) is 9.14. The molecule has 0 saturated carbocycles. The summed E-state index contributed by atoms with van der Waals surface area (Å²) in [6.07, 6.45) is 43.7. The van der Waals surface area contributed by atoms with Crippen molar-refractivity contribution >= 4 is 11.9 Å². The normalized spacial score (nSPS) is 12.6. The van der Waals surface area contributed by atoms with Crippen LogP contribution in [0.2, 0.25) is 0 Å². The zero-order valence-corrected chi connectivity index (χ0v) is 40.2. The lowest BCUT2D eigenvalue weighted by Gasteiger charge is -2.22. The first kappa shape index (κ1) is 57.8. The van der Waals surface area contributed by atoms with Crippen LogP contribution >= 0.6 is 0 Å². The van der Waals surface area contributed by atoms with Gasteiger partial charge >= 0.3 is 11.9 Å². The number of hydrogen-bond donors (Lipinski definition) is 1. The van der Waals surface area contributed by atoms with E-state index in [4.69, 9.17) is 19.3 Å². The molecule has 0 aromatic heterocycles. The molecule has 0 aliphatic heterocycles. The van der Waals surface area contributed by atoms with Gasteiger partial charge in [0.2, 0.25) is 0 Å². The van der Waals surface area contributed by atoms with Crippen LogP contribution in [0.25, 0.3) is 0 Å². The van der Waals surface area contributed by atoms with Crippen molar-refractivity contribution in [3.05, 3.63) is 0 Å². The van der Waals surface area contributed by atoms with Crippen LogP contribution in [0, 0.1) is 5.92 Å². The molecule has 7 nitrogen and oxygen atoms in total. The van der Waals surface area contributed by atoms with Crippen LogP contribution in [0.15, 0.2) is 0 Å². The average Bonchev–Trinajstić information content (AvgIpc) is 3.23. The number of hydrogen-bond acceptors (Lipinski definition) is 7. The number of aliphatic hydroxyl groups is 1. The molecule has 352 valence electrons. The second kappa shape index (κ2) is 47.9. The monoisotopic (exact) mass is 838 g/mol. The minimum absolute atomic E-state index is 0.000635. The number of aliphatic hydroxyl groups excluding tert-OH is 1. The Hall–Kier alpha value is -1.18. The standard InChI is InChI=1S/C52H103NO6/c1-5-9-13-17-20-21-23-30-38-49(37-29-22-18-14-10-6-2)52(56)58-46-36-28-27-35-43-53(44-47-57-48-45-54)42-34-26-25-33-41-51(55)59-50(39-31-16-12-8-4)40-32-24-19-15-11-7-3/h49-50,54H,5-48H2,1-4H3. The Morgan fingerprint density at radius 1 is 0.441 bits per heavy atom. The predicted molar refractivity (Wildman–Crippen MR) is 252 cm³/mol. The Morgan fingerprint density at radius 2 is 0.847 bits per heavy atom. The van der Waals surface area contributed by atoms with Gasteiger partial charge in [-0.15, -0.1) is 0 Å². The lowest BCUT2D eigenvalue weighted by molar-refractivity contribution is -0.150. The molecular weight excluding hydrogens is 735 g/mol. The third-order valence-electron chi connectivity index (χ3n) is 12.2. The van der Waals surface area contributed by atoms with Crippen LogP contribution in [-0.2, 0) is 23.8 Å². The Kier molecular flexibility index (Phi) is 46.9. The Labute approximate surface area is 368 Å². The van der Waals surface area contributed by atoms with Crippen molar-refractivity contribution in [1.29, 1.82) is 0 Å². The molecule has 0 aromatic carbocycles. The van der Waals surface area contributed by atoms with Gasteiger partial charge in [0.25, 0.3) is 0 Å². The average molecular weight is 838 g/mol. The third kappa shape index (κ3) is 41.9. The van der Waals surface area contributed by atoms with E-state index < -0.39 is 0 Å². The van der Waals surface area contributed by atoms with Crippen molar-refractivity contribution in [3.63, 3.8) is 0 Å². The molecule has 1 N–H and O–H groups in total. The summed E-state index contributed by atoms with van der Waals surface area (Å²) in [5.74, 6) is 0.132. The smallest absolute Gasteiger partial charge is 0.308 e. The fourth-order valence-corrected chi connectivity index (χ4v) is 8.27. The predicted octanol–water partition coefficient (Wildman–Crippen LogP) is 14.9.